The number of rotatable bonds is 3. The third-order valence-corrected chi connectivity index (χ3v) is 4.00. The number of hydrogen-bond acceptors (Lipinski definition) is 4. The van der Waals surface area contributed by atoms with E-state index in [9.17, 15) is 0 Å². The Labute approximate surface area is 124 Å². The van der Waals surface area contributed by atoms with Crippen molar-refractivity contribution < 1.29 is 4.74 Å². The van der Waals surface area contributed by atoms with Gasteiger partial charge in [-0.2, -0.15) is 0 Å². The number of aromatic nitrogens is 3. The first kappa shape index (κ1) is 13.6. The molecular weight excluding hydrogens is 365 g/mol. The van der Waals surface area contributed by atoms with Crippen LogP contribution in [-0.2, 0) is 11.3 Å². The highest BCUT2D eigenvalue weighted by Crippen LogP contribution is 2.23. The van der Waals surface area contributed by atoms with Gasteiger partial charge in [0.1, 0.15) is 10.8 Å². The molecule has 0 aliphatic heterocycles. The number of hydrogen-bond donors (Lipinski definition) is 0. The average molecular weight is 376 g/mol. The van der Waals surface area contributed by atoms with Crippen LogP contribution in [0.3, 0.4) is 0 Å². The van der Waals surface area contributed by atoms with Crippen molar-refractivity contribution in [2.75, 3.05) is 7.11 Å². The summed E-state index contributed by atoms with van der Waals surface area (Å²) in [6.45, 7) is 2.33. The molecule has 0 atom stereocenters. The van der Waals surface area contributed by atoms with E-state index in [0.717, 1.165) is 15.0 Å². The number of halogens is 2. The van der Waals surface area contributed by atoms with Gasteiger partial charge in [-0.15, -0.1) is 0 Å². The van der Waals surface area contributed by atoms with Gasteiger partial charge >= 0.3 is 0 Å². The van der Waals surface area contributed by atoms with E-state index < -0.39 is 0 Å². The Morgan fingerprint density at radius 2 is 2.06 bits per heavy atom. The topological polar surface area (TPSA) is 47.9 Å². The molecular formula is C12H11ClIN3O. The first-order valence-corrected chi connectivity index (χ1v) is 6.72. The Balaban J connectivity index is 2.51. The van der Waals surface area contributed by atoms with Gasteiger partial charge in [0.15, 0.2) is 5.82 Å². The maximum absolute atomic E-state index is 6.10. The second kappa shape index (κ2) is 5.90. The highest BCUT2D eigenvalue weighted by Gasteiger charge is 2.12. The molecule has 0 aromatic carbocycles. The second-order valence-corrected chi connectivity index (χ2v) is 5.13. The minimum absolute atomic E-state index is 0.402. The van der Waals surface area contributed by atoms with Gasteiger partial charge in [0.2, 0.25) is 0 Å². The van der Waals surface area contributed by atoms with E-state index in [1.54, 1.807) is 7.11 Å². The van der Waals surface area contributed by atoms with Crippen LogP contribution < -0.4 is 0 Å². The van der Waals surface area contributed by atoms with Crippen molar-refractivity contribution in [3.8, 4) is 11.5 Å². The van der Waals surface area contributed by atoms with Gasteiger partial charge in [-0.25, -0.2) is 15.0 Å². The Morgan fingerprint density at radius 1 is 1.28 bits per heavy atom. The van der Waals surface area contributed by atoms with Crippen molar-refractivity contribution in [3.05, 3.63) is 38.3 Å². The lowest BCUT2D eigenvalue weighted by molar-refractivity contribution is 0.181. The number of ether oxygens (including phenoxy) is 1. The summed E-state index contributed by atoms with van der Waals surface area (Å²) in [5.74, 6) is 0.524. The highest BCUT2D eigenvalue weighted by atomic mass is 127. The maximum Gasteiger partial charge on any atom is 0.179 e. The Morgan fingerprint density at radius 3 is 2.72 bits per heavy atom. The van der Waals surface area contributed by atoms with Gasteiger partial charge in [-0.1, -0.05) is 17.7 Å². The molecule has 0 spiro atoms. The van der Waals surface area contributed by atoms with E-state index in [0.29, 0.717) is 23.3 Å². The maximum atomic E-state index is 6.10. The van der Waals surface area contributed by atoms with Crippen molar-refractivity contribution in [1.82, 2.24) is 15.0 Å². The van der Waals surface area contributed by atoms with Crippen LogP contribution in [0, 0.1) is 10.5 Å². The summed E-state index contributed by atoms with van der Waals surface area (Å²) in [6, 6.07) is 5.71. The summed E-state index contributed by atoms with van der Waals surface area (Å²) in [4.78, 5) is 13.1. The second-order valence-electron chi connectivity index (χ2n) is 3.70. The molecule has 94 valence electrons. The number of pyridine rings is 1. The molecule has 0 saturated heterocycles. The summed E-state index contributed by atoms with van der Waals surface area (Å²) < 4.78 is 5.92. The molecule has 6 heteroatoms. The predicted molar refractivity (Wildman–Crippen MR) is 78.4 cm³/mol. The minimum atomic E-state index is 0.402. The van der Waals surface area contributed by atoms with E-state index in [-0.39, 0.29) is 0 Å². The largest absolute Gasteiger partial charge is 0.378 e. The zero-order valence-corrected chi connectivity index (χ0v) is 12.9. The molecule has 0 aliphatic carbocycles. The van der Waals surface area contributed by atoms with Crippen molar-refractivity contribution in [1.29, 1.82) is 0 Å². The highest BCUT2D eigenvalue weighted by molar-refractivity contribution is 14.1. The molecule has 0 fully saturated rings. The minimum Gasteiger partial charge on any atom is -0.378 e. The van der Waals surface area contributed by atoms with Crippen molar-refractivity contribution in [2.45, 2.75) is 13.5 Å². The molecule has 0 bridgehead atoms. The summed E-state index contributed by atoms with van der Waals surface area (Å²) in [6.07, 6.45) is 0. The molecule has 0 unspecified atom stereocenters. The van der Waals surface area contributed by atoms with E-state index in [1.165, 1.54) is 0 Å². The number of methoxy groups -OCH3 is 1. The molecule has 18 heavy (non-hydrogen) atoms. The van der Waals surface area contributed by atoms with Crippen LogP contribution in [0.4, 0.5) is 0 Å². The third kappa shape index (κ3) is 2.96. The van der Waals surface area contributed by atoms with E-state index in [2.05, 4.69) is 37.5 Å². The standard InChI is InChI=1S/C12H11ClIN3O/c1-7-4-3-5-8(15-7)12-16-9(6-18-2)10(14)11(13)17-12/h3-5H,6H2,1-2H3. The van der Waals surface area contributed by atoms with Crippen LogP contribution in [0.2, 0.25) is 5.15 Å². The van der Waals surface area contributed by atoms with Crippen LogP contribution in [0.1, 0.15) is 11.4 Å². The average Bonchev–Trinajstić information content (AvgIpc) is 2.35. The van der Waals surface area contributed by atoms with E-state index in [4.69, 9.17) is 16.3 Å². The monoisotopic (exact) mass is 375 g/mol. The lowest BCUT2D eigenvalue weighted by Crippen LogP contribution is -2.03. The van der Waals surface area contributed by atoms with Crippen LogP contribution in [0.5, 0.6) is 0 Å². The first-order valence-electron chi connectivity index (χ1n) is 5.26. The molecule has 0 N–H and O–H groups in total. The van der Waals surface area contributed by atoms with Gasteiger partial charge in [-0.05, 0) is 41.6 Å². The van der Waals surface area contributed by atoms with E-state index in [1.807, 2.05) is 25.1 Å². The lowest BCUT2D eigenvalue weighted by Gasteiger charge is -2.07. The zero-order valence-electron chi connectivity index (χ0n) is 9.94. The summed E-state index contributed by atoms with van der Waals surface area (Å²) in [5.41, 5.74) is 2.40. The first-order chi connectivity index (χ1) is 8.61. The molecule has 0 saturated carbocycles. The molecule has 0 radical (unpaired) electrons. The SMILES string of the molecule is COCc1nc(-c2cccc(C)n2)nc(Cl)c1I. The van der Waals surface area contributed by atoms with Crippen LogP contribution >= 0.6 is 34.2 Å². The van der Waals surface area contributed by atoms with Crippen molar-refractivity contribution in [3.63, 3.8) is 0 Å². The summed E-state index contributed by atoms with van der Waals surface area (Å²) in [5, 5.41) is 0.427. The Hall–Kier alpha value is -0.790. The molecule has 2 heterocycles. The van der Waals surface area contributed by atoms with Crippen molar-refractivity contribution >= 4 is 34.2 Å². The summed E-state index contributed by atoms with van der Waals surface area (Å²) >= 11 is 8.22. The molecule has 2 aromatic heterocycles. The smallest absolute Gasteiger partial charge is 0.179 e. The number of nitrogens with zero attached hydrogens (tertiary/aromatic N) is 3. The fourth-order valence-electron chi connectivity index (χ4n) is 1.48. The van der Waals surface area contributed by atoms with Crippen LogP contribution in [0.25, 0.3) is 11.5 Å². The Bertz CT molecular complexity index is 577. The summed E-state index contributed by atoms with van der Waals surface area (Å²) in [7, 11) is 1.62. The van der Waals surface area contributed by atoms with Crippen LogP contribution in [0.15, 0.2) is 18.2 Å². The molecule has 2 rings (SSSR count). The molecule has 4 nitrogen and oxygen atoms in total. The fourth-order valence-corrected chi connectivity index (χ4v) is 2.06. The number of aryl methyl sites for hydroxylation is 1. The third-order valence-electron chi connectivity index (χ3n) is 2.28. The van der Waals surface area contributed by atoms with Gasteiger partial charge in [0.05, 0.1) is 15.9 Å². The van der Waals surface area contributed by atoms with Crippen molar-refractivity contribution in [2.24, 2.45) is 0 Å². The van der Waals surface area contributed by atoms with E-state index >= 15 is 0 Å². The Kier molecular flexibility index (Phi) is 4.47. The van der Waals surface area contributed by atoms with Gasteiger partial charge < -0.3 is 4.74 Å². The predicted octanol–water partition coefficient (Wildman–Crippen LogP) is 3.25. The van der Waals surface area contributed by atoms with Gasteiger partial charge in [-0.3, -0.25) is 0 Å². The molecule has 0 aliphatic rings. The lowest BCUT2D eigenvalue weighted by atomic mass is 10.3. The normalized spacial score (nSPS) is 10.7. The van der Waals surface area contributed by atoms with Gasteiger partial charge in [0, 0.05) is 12.8 Å². The van der Waals surface area contributed by atoms with Gasteiger partial charge in [0.25, 0.3) is 0 Å². The molecule has 2 aromatic rings. The molecule has 0 amide bonds. The zero-order chi connectivity index (χ0) is 13.1. The fraction of sp³-hybridized carbons (Fsp3) is 0.250. The van der Waals surface area contributed by atoms with Crippen LogP contribution in [-0.4, -0.2) is 22.1 Å². The quantitative estimate of drug-likeness (QED) is 0.610.